The molecule has 0 aliphatic carbocycles. The first-order chi connectivity index (χ1) is 14.9. The first kappa shape index (κ1) is 21.1. The number of ether oxygens (including phenoxy) is 1. The number of nitrogens with one attached hydrogen (secondary N) is 1. The van der Waals surface area contributed by atoms with Gasteiger partial charge in [0.1, 0.15) is 18.1 Å². The van der Waals surface area contributed by atoms with Crippen LogP contribution in [0.5, 0.6) is 5.75 Å². The molecule has 0 fully saturated rings. The Hall–Kier alpha value is -3.17. The Bertz CT molecular complexity index is 1280. The van der Waals surface area contributed by atoms with E-state index < -0.39 is 10.8 Å². The summed E-state index contributed by atoms with van der Waals surface area (Å²) < 4.78 is 12.1. The Kier molecular flexibility index (Phi) is 6.06. The van der Waals surface area contributed by atoms with E-state index in [0.717, 1.165) is 10.8 Å². The van der Waals surface area contributed by atoms with Crippen molar-refractivity contribution in [1.29, 1.82) is 0 Å². The molecule has 0 saturated carbocycles. The van der Waals surface area contributed by atoms with Crippen LogP contribution in [0.15, 0.2) is 80.1 Å². The van der Waals surface area contributed by atoms with Crippen molar-refractivity contribution in [2.75, 3.05) is 5.32 Å². The van der Waals surface area contributed by atoms with Gasteiger partial charge in [-0.3, -0.25) is 14.9 Å². The maximum Gasteiger partial charge on any atom is 0.291 e. The van der Waals surface area contributed by atoms with Crippen molar-refractivity contribution in [3.05, 3.63) is 97.3 Å². The lowest BCUT2D eigenvalue weighted by atomic mass is 10.1. The van der Waals surface area contributed by atoms with E-state index in [0.29, 0.717) is 26.1 Å². The second-order valence-corrected chi connectivity index (χ2v) is 8.27. The van der Waals surface area contributed by atoms with E-state index in [1.54, 1.807) is 12.1 Å². The molecule has 9 heteroatoms. The predicted molar refractivity (Wildman–Crippen MR) is 123 cm³/mol. The molecule has 3 aromatic carbocycles. The fourth-order valence-corrected chi connectivity index (χ4v) is 4.31. The summed E-state index contributed by atoms with van der Waals surface area (Å²) in [5, 5.41) is 15.8. The molecule has 4 rings (SSSR count). The first-order valence-corrected chi connectivity index (χ1v) is 10.6. The van der Waals surface area contributed by atoms with Crippen LogP contribution in [0.3, 0.4) is 0 Å². The minimum absolute atomic E-state index is 0.0919. The quantitative estimate of drug-likeness (QED) is 0.215. The number of fused-ring (bicyclic) bond motifs is 1. The minimum Gasteiger partial charge on any atom is -0.486 e. The van der Waals surface area contributed by atoms with Crippen LogP contribution in [0.4, 0.5) is 11.4 Å². The number of amides is 1. The predicted octanol–water partition coefficient (Wildman–Crippen LogP) is 6.70. The summed E-state index contributed by atoms with van der Waals surface area (Å²) in [5.41, 5.74) is 0.254. The van der Waals surface area contributed by atoms with Gasteiger partial charge in [0, 0.05) is 21.1 Å². The molecule has 0 aliphatic heterocycles. The number of halogens is 2. The summed E-state index contributed by atoms with van der Waals surface area (Å²) in [4.78, 5) is 23.0. The zero-order chi connectivity index (χ0) is 22.0. The monoisotopic (exact) mass is 544 g/mol. The molecule has 0 atom stereocenters. The third-order valence-electron chi connectivity index (χ3n) is 4.46. The molecule has 0 unspecified atom stereocenters. The lowest BCUT2D eigenvalue weighted by molar-refractivity contribution is -0.385. The zero-order valence-corrected chi connectivity index (χ0v) is 19.0. The summed E-state index contributed by atoms with van der Waals surface area (Å²) in [5.74, 6) is 0.779. The summed E-state index contributed by atoms with van der Waals surface area (Å²) in [6, 6.07) is 19.6. The summed E-state index contributed by atoms with van der Waals surface area (Å²) >= 11 is 6.48. The van der Waals surface area contributed by atoms with Gasteiger partial charge in [-0.25, -0.2) is 0 Å². The maximum atomic E-state index is 12.6. The SMILES string of the molecule is O=C(Nc1c(Br)cc([N+](=O)[O-])cc1Br)c1ccc(COc2ccc3ccccc3c2)o1. The van der Waals surface area contributed by atoms with E-state index in [1.165, 1.54) is 12.1 Å². The topological polar surface area (TPSA) is 94.6 Å². The Labute approximate surface area is 193 Å². The maximum absolute atomic E-state index is 12.6. The molecule has 31 heavy (non-hydrogen) atoms. The number of nitro benzene ring substituents is 1. The van der Waals surface area contributed by atoms with Crippen molar-refractivity contribution in [3.63, 3.8) is 0 Å². The van der Waals surface area contributed by atoms with Crippen molar-refractivity contribution in [1.82, 2.24) is 0 Å². The lowest BCUT2D eigenvalue weighted by Crippen LogP contribution is -2.12. The number of carbonyl (C=O) groups is 1. The molecule has 0 radical (unpaired) electrons. The van der Waals surface area contributed by atoms with Gasteiger partial charge in [-0.2, -0.15) is 0 Å². The van der Waals surface area contributed by atoms with Crippen molar-refractivity contribution in [3.8, 4) is 5.75 Å². The highest BCUT2D eigenvalue weighted by atomic mass is 79.9. The number of nitrogens with zero attached hydrogens (tertiary/aromatic N) is 1. The molecule has 1 N–H and O–H groups in total. The van der Waals surface area contributed by atoms with Gasteiger partial charge in [-0.05, 0) is 66.9 Å². The number of non-ortho nitro benzene ring substituents is 1. The van der Waals surface area contributed by atoms with E-state index in [1.807, 2.05) is 42.5 Å². The molecule has 1 heterocycles. The van der Waals surface area contributed by atoms with E-state index in [-0.39, 0.29) is 18.1 Å². The number of carbonyl (C=O) groups excluding carboxylic acids is 1. The average Bonchev–Trinajstić information content (AvgIpc) is 3.23. The van der Waals surface area contributed by atoms with Crippen LogP contribution in [-0.2, 0) is 6.61 Å². The fourth-order valence-electron chi connectivity index (χ4n) is 2.95. The minimum atomic E-state index is -0.518. The number of anilines is 1. The Morgan fingerprint density at radius 3 is 2.42 bits per heavy atom. The van der Waals surface area contributed by atoms with Crippen LogP contribution in [0.2, 0.25) is 0 Å². The molecule has 1 aromatic heterocycles. The van der Waals surface area contributed by atoms with Gasteiger partial charge in [0.2, 0.25) is 0 Å². The number of hydrogen-bond donors (Lipinski definition) is 1. The van der Waals surface area contributed by atoms with Crippen LogP contribution in [-0.4, -0.2) is 10.8 Å². The second kappa shape index (κ2) is 8.91. The molecule has 4 aromatic rings. The third-order valence-corrected chi connectivity index (χ3v) is 5.71. The van der Waals surface area contributed by atoms with Crippen molar-refractivity contribution < 1.29 is 18.9 Å². The van der Waals surface area contributed by atoms with Crippen LogP contribution in [0.25, 0.3) is 10.8 Å². The van der Waals surface area contributed by atoms with Crippen LogP contribution in [0.1, 0.15) is 16.3 Å². The lowest BCUT2D eigenvalue weighted by Gasteiger charge is -2.08. The van der Waals surface area contributed by atoms with Gasteiger partial charge in [0.05, 0.1) is 10.6 Å². The van der Waals surface area contributed by atoms with Crippen molar-refractivity contribution >= 4 is 59.9 Å². The van der Waals surface area contributed by atoms with Crippen molar-refractivity contribution in [2.24, 2.45) is 0 Å². The molecular weight excluding hydrogens is 532 g/mol. The third kappa shape index (κ3) is 4.78. The van der Waals surface area contributed by atoms with Crippen LogP contribution < -0.4 is 10.1 Å². The number of furan rings is 1. The van der Waals surface area contributed by atoms with Crippen LogP contribution in [0, 0.1) is 10.1 Å². The van der Waals surface area contributed by atoms with E-state index >= 15 is 0 Å². The smallest absolute Gasteiger partial charge is 0.291 e. The highest BCUT2D eigenvalue weighted by molar-refractivity contribution is 9.11. The van der Waals surface area contributed by atoms with E-state index in [4.69, 9.17) is 9.15 Å². The highest BCUT2D eigenvalue weighted by Gasteiger charge is 2.18. The van der Waals surface area contributed by atoms with Gasteiger partial charge < -0.3 is 14.5 Å². The van der Waals surface area contributed by atoms with Gasteiger partial charge >= 0.3 is 0 Å². The molecule has 0 aliphatic rings. The normalized spacial score (nSPS) is 10.8. The van der Waals surface area contributed by atoms with E-state index in [2.05, 4.69) is 37.2 Å². The Morgan fingerprint density at radius 1 is 1.00 bits per heavy atom. The highest BCUT2D eigenvalue weighted by Crippen LogP contribution is 2.35. The summed E-state index contributed by atoms with van der Waals surface area (Å²) in [7, 11) is 0. The van der Waals surface area contributed by atoms with Gasteiger partial charge in [0.15, 0.2) is 5.76 Å². The fraction of sp³-hybridized carbons (Fsp3) is 0.0455. The van der Waals surface area contributed by atoms with Crippen molar-refractivity contribution in [2.45, 2.75) is 6.61 Å². The number of nitro groups is 1. The largest absolute Gasteiger partial charge is 0.486 e. The number of hydrogen-bond acceptors (Lipinski definition) is 5. The van der Waals surface area contributed by atoms with Gasteiger partial charge in [-0.15, -0.1) is 0 Å². The Balaban J connectivity index is 1.43. The zero-order valence-electron chi connectivity index (χ0n) is 15.8. The second-order valence-electron chi connectivity index (χ2n) is 6.56. The number of rotatable bonds is 6. The molecule has 0 saturated heterocycles. The summed E-state index contributed by atoms with van der Waals surface area (Å²) in [6.07, 6.45) is 0. The average molecular weight is 546 g/mol. The molecule has 156 valence electrons. The van der Waals surface area contributed by atoms with Gasteiger partial charge in [0.25, 0.3) is 11.6 Å². The molecule has 7 nitrogen and oxygen atoms in total. The molecule has 1 amide bonds. The van der Waals surface area contributed by atoms with E-state index in [9.17, 15) is 14.9 Å². The molecule has 0 spiro atoms. The molecular formula is C22H14Br2N2O5. The van der Waals surface area contributed by atoms with Crippen LogP contribution >= 0.6 is 31.9 Å². The molecule has 0 bridgehead atoms. The Morgan fingerprint density at radius 2 is 1.71 bits per heavy atom. The van der Waals surface area contributed by atoms with Gasteiger partial charge in [-0.1, -0.05) is 30.3 Å². The summed E-state index contributed by atoms with van der Waals surface area (Å²) in [6.45, 7) is 0.163. The standard InChI is InChI=1S/C22H14Br2N2O5/c23-18-10-15(26(28)29)11-19(24)21(18)25-22(27)20-8-7-17(31-20)12-30-16-6-5-13-3-1-2-4-14(13)9-16/h1-11H,12H2,(H,25,27). The number of benzene rings is 3. The first-order valence-electron chi connectivity index (χ1n) is 9.06.